The van der Waals surface area contributed by atoms with Gasteiger partial charge in [0.1, 0.15) is 11.5 Å². The van der Waals surface area contributed by atoms with E-state index in [1.54, 1.807) is 48.2 Å². The van der Waals surface area contributed by atoms with Crippen molar-refractivity contribution < 1.29 is 14.0 Å². The Hall–Kier alpha value is -2.22. The van der Waals surface area contributed by atoms with Crippen LogP contribution in [0.15, 0.2) is 44.6 Å². The van der Waals surface area contributed by atoms with Crippen LogP contribution in [-0.4, -0.2) is 53.0 Å². The lowest BCUT2D eigenvalue weighted by atomic mass is 10.2. The van der Waals surface area contributed by atoms with Crippen LogP contribution in [0.3, 0.4) is 0 Å². The summed E-state index contributed by atoms with van der Waals surface area (Å²) < 4.78 is 5.84. The number of thioether (sulfide) groups is 1. The average molecular weight is 450 g/mol. The monoisotopic (exact) mass is 449 g/mol. The van der Waals surface area contributed by atoms with E-state index in [-0.39, 0.29) is 11.8 Å². The molecule has 0 saturated carbocycles. The van der Waals surface area contributed by atoms with Gasteiger partial charge < -0.3 is 14.2 Å². The van der Waals surface area contributed by atoms with Crippen molar-refractivity contribution in [1.29, 1.82) is 0 Å². The highest BCUT2D eigenvalue weighted by Crippen LogP contribution is 2.34. The van der Waals surface area contributed by atoms with Crippen LogP contribution in [-0.2, 0) is 9.59 Å². The predicted octanol–water partition coefficient (Wildman–Crippen LogP) is 4.39. The third-order valence-corrected chi connectivity index (χ3v) is 6.31. The molecule has 9 heteroatoms. The van der Waals surface area contributed by atoms with Gasteiger partial charge in [0.2, 0.25) is 5.91 Å². The minimum atomic E-state index is -0.294. The number of carbonyl (C=O) groups excluding carboxylic acids is 2. The fraction of sp³-hybridized carbons (Fsp3) is 0.250. The third kappa shape index (κ3) is 4.37. The predicted molar refractivity (Wildman–Crippen MR) is 116 cm³/mol. The summed E-state index contributed by atoms with van der Waals surface area (Å²) in [6, 6.07) is 8.72. The van der Waals surface area contributed by atoms with E-state index >= 15 is 0 Å². The van der Waals surface area contributed by atoms with Crippen molar-refractivity contribution in [2.75, 3.05) is 26.2 Å². The molecule has 6 nitrogen and oxygen atoms in total. The zero-order chi connectivity index (χ0) is 20.5. The number of amidine groups is 1. The Kier molecular flexibility index (Phi) is 5.72. The largest absolute Gasteiger partial charge is 0.457 e. The third-order valence-electron chi connectivity index (χ3n) is 4.70. The average Bonchev–Trinajstić information content (AvgIpc) is 3.31. The van der Waals surface area contributed by atoms with Gasteiger partial charge in [0, 0.05) is 49.8 Å². The summed E-state index contributed by atoms with van der Waals surface area (Å²) in [7, 11) is 0. The zero-order valence-corrected chi connectivity index (χ0v) is 17.9. The number of nitrogens with zero attached hydrogens (tertiary/aromatic N) is 3. The molecule has 150 valence electrons. The molecule has 2 amide bonds. The van der Waals surface area contributed by atoms with Gasteiger partial charge in [-0.3, -0.25) is 9.59 Å². The molecule has 0 aliphatic carbocycles. The quantitative estimate of drug-likeness (QED) is 0.636. The summed E-state index contributed by atoms with van der Waals surface area (Å²) in [6.45, 7) is 4.14. The first kappa shape index (κ1) is 20.1. The highest BCUT2D eigenvalue weighted by molar-refractivity contribution is 8.18. The maximum atomic E-state index is 12.3. The summed E-state index contributed by atoms with van der Waals surface area (Å²) >= 11 is 13.6. The summed E-state index contributed by atoms with van der Waals surface area (Å²) in [5.41, 5.74) is 0.689. The topological polar surface area (TPSA) is 66.1 Å². The maximum absolute atomic E-state index is 12.3. The second-order valence-electron chi connectivity index (χ2n) is 6.63. The standard InChI is InChI=1S/C20H17Cl2N3O3S/c1-12(26)24-6-8-25(9-7-24)20-23-19(27)18(29-20)11-14-3-5-17(28-14)15-10-13(21)2-4-16(15)22/h2-5,10-11H,6-9H2,1H3/b18-11-. The van der Waals surface area contributed by atoms with E-state index in [2.05, 4.69) is 4.99 Å². The van der Waals surface area contributed by atoms with Crippen LogP contribution in [0.4, 0.5) is 0 Å². The first-order chi connectivity index (χ1) is 13.9. The molecule has 2 aliphatic heterocycles. The number of hydrogen-bond acceptors (Lipinski definition) is 5. The number of piperazine rings is 1. The molecule has 0 spiro atoms. The summed E-state index contributed by atoms with van der Waals surface area (Å²) in [5.74, 6) is 0.875. The van der Waals surface area contributed by atoms with E-state index in [1.165, 1.54) is 11.8 Å². The minimum absolute atomic E-state index is 0.0655. The molecule has 0 unspecified atom stereocenters. The molecule has 3 heterocycles. The van der Waals surface area contributed by atoms with Gasteiger partial charge in [-0.25, -0.2) is 0 Å². The number of benzene rings is 1. The molecule has 29 heavy (non-hydrogen) atoms. The van der Waals surface area contributed by atoms with Gasteiger partial charge in [0.25, 0.3) is 5.91 Å². The van der Waals surface area contributed by atoms with E-state index in [0.29, 0.717) is 63.4 Å². The van der Waals surface area contributed by atoms with E-state index in [1.807, 2.05) is 4.90 Å². The van der Waals surface area contributed by atoms with Crippen molar-refractivity contribution in [3.05, 3.63) is 51.0 Å². The Morgan fingerprint density at radius 3 is 2.66 bits per heavy atom. The number of aliphatic imine (C=N–C) groups is 1. The number of carbonyl (C=O) groups is 2. The minimum Gasteiger partial charge on any atom is -0.457 e. The molecular formula is C20H17Cl2N3O3S. The van der Waals surface area contributed by atoms with E-state index in [9.17, 15) is 9.59 Å². The smallest absolute Gasteiger partial charge is 0.286 e. The van der Waals surface area contributed by atoms with Crippen LogP contribution in [0.1, 0.15) is 12.7 Å². The van der Waals surface area contributed by atoms with Gasteiger partial charge in [0.05, 0.1) is 9.93 Å². The second-order valence-corrected chi connectivity index (χ2v) is 8.48. The van der Waals surface area contributed by atoms with Gasteiger partial charge in [-0.05, 0) is 42.1 Å². The number of halogens is 2. The molecule has 1 saturated heterocycles. The van der Waals surface area contributed by atoms with Crippen LogP contribution < -0.4 is 0 Å². The molecule has 1 aromatic carbocycles. The van der Waals surface area contributed by atoms with Crippen LogP contribution in [0.5, 0.6) is 0 Å². The van der Waals surface area contributed by atoms with E-state index in [0.717, 1.165) is 0 Å². The Morgan fingerprint density at radius 1 is 1.17 bits per heavy atom. The number of hydrogen-bond donors (Lipinski definition) is 0. The van der Waals surface area contributed by atoms with Crippen LogP contribution in [0.25, 0.3) is 17.4 Å². The molecule has 1 aromatic heterocycles. The highest BCUT2D eigenvalue weighted by Gasteiger charge is 2.29. The summed E-state index contributed by atoms with van der Waals surface area (Å²) in [5, 5.41) is 1.75. The second kappa shape index (κ2) is 8.26. The van der Waals surface area contributed by atoms with Crippen molar-refractivity contribution in [1.82, 2.24) is 9.80 Å². The molecule has 2 aliphatic rings. The Bertz CT molecular complexity index is 1040. The first-order valence-corrected chi connectivity index (χ1v) is 10.6. The van der Waals surface area contributed by atoms with Crippen molar-refractivity contribution >= 4 is 58.0 Å². The Morgan fingerprint density at radius 2 is 1.93 bits per heavy atom. The van der Waals surface area contributed by atoms with Crippen LogP contribution >= 0.6 is 35.0 Å². The fourth-order valence-electron chi connectivity index (χ4n) is 3.14. The molecule has 0 N–H and O–H groups in total. The van der Waals surface area contributed by atoms with Crippen molar-refractivity contribution in [2.24, 2.45) is 4.99 Å². The molecular weight excluding hydrogens is 433 g/mol. The number of amides is 2. The molecule has 0 atom stereocenters. The lowest BCUT2D eigenvalue weighted by Crippen LogP contribution is -2.49. The fourth-order valence-corrected chi connectivity index (χ4v) is 4.46. The number of rotatable bonds is 2. The molecule has 0 bridgehead atoms. The van der Waals surface area contributed by atoms with Gasteiger partial charge in [-0.2, -0.15) is 4.99 Å². The number of furan rings is 1. The Labute approximate surface area is 182 Å². The molecule has 1 fully saturated rings. The molecule has 4 rings (SSSR count). The van der Waals surface area contributed by atoms with E-state index < -0.39 is 0 Å². The SMILES string of the molecule is CC(=O)N1CCN(C2=NC(=O)/C(=C/c3ccc(-c4cc(Cl)ccc4Cl)o3)S2)CC1. The molecule has 0 radical (unpaired) electrons. The lowest BCUT2D eigenvalue weighted by molar-refractivity contribution is -0.130. The highest BCUT2D eigenvalue weighted by atomic mass is 35.5. The normalized spacial score (nSPS) is 18.5. The van der Waals surface area contributed by atoms with Gasteiger partial charge in [-0.15, -0.1) is 0 Å². The van der Waals surface area contributed by atoms with Crippen LogP contribution in [0.2, 0.25) is 10.0 Å². The molecule has 2 aromatic rings. The van der Waals surface area contributed by atoms with Gasteiger partial charge in [-0.1, -0.05) is 23.2 Å². The van der Waals surface area contributed by atoms with Crippen molar-refractivity contribution in [3.63, 3.8) is 0 Å². The van der Waals surface area contributed by atoms with Gasteiger partial charge in [0.15, 0.2) is 5.17 Å². The lowest BCUT2D eigenvalue weighted by Gasteiger charge is -2.34. The Balaban J connectivity index is 1.47. The summed E-state index contributed by atoms with van der Waals surface area (Å²) in [6.07, 6.45) is 1.68. The zero-order valence-electron chi connectivity index (χ0n) is 15.5. The van der Waals surface area contributed by atoms with Crippen LogP contribution in [0, 0.1) is 0 Å². The summed E-state index contributed by atoms with van der Waals surface area (Å²) in [4.78, 5) is 32.3. The van der Waals surface area contributed by atoms with E-state index in [4.69, 9.17) is 27.6 Å². The van der Waals surface area contributed by atoms with Gasteiger partial charge >= 0.3 is 0 Å². The maximum Gasteiger partial charge on any atom is 0.286 e. The van der Waals surface area contributed by atoms with Crippen molar-refractivity contribution in [3.8, 4) is 11.3 Å². The first-order valence-electron chi connectivity index (χ1n) is 8.99. The van der Waals surface area contributed by atoms with Crippen molar-refractivity contribution in [2.45, 2.75) is 6.92 Å².